The molecule has 3 rings (SSSR count). The zero-order chi connectivity index (χ0) is 16.4. The Kier molecular flexibility index (Phi) is 4.12. The number of hydrogen-bond donors (Lipinski definition) is 1. The van der Waals surface area contributed by atoms with E-state index in [2.05, 4.69) is 16.7 Å². The molecule has 0 saturated heterocycles. The maximum absolute atomic E-state index is 6.04. The van der Waals surface area contributed by atoms with Crippen molar-refractivity contribution in [2.24, 2.45) is 5.73 Å². The molecule has 1 atom stereocenters. The van der Waals surface area contributed by atoms with E-state index in [1.807, 2.05) is 37.3 Å². The highest BCUT2D eigenvalue weighted by atomic mass is 16.5. The fourth-order valence-corrected chi connectivity index (χ4v) is 2.51. The van der Waals surface area contributed by atoms with Gasteiger partial charge >= 0.3 is 0 Å². The molecule has 5 heteroatoms. The van der Waals surface area contributed by atoms with Gasteiger partial charge in [0.25, 0.3) is 0 Å². The molecule has 2 heterocycles. The molecule has 0 spiro atoms. The van der Waals surface area contributed by atoms with Crippen molar-refractivity contribution in [1.82, 2.24) is 10.1 Å². The highest BCUT2D eigenvalue weighted by Crippen LogP contribution is 2.34. The molecule has 0 amide bonds. The first-order valence-electron chi connectivity index (χ1n) is 7.41. The topological polar surface area (TPSA) is 74.2 Å². The number of fused-ring (bicyclic) bond motifs is 1. The van der Waals surface area contributed by atoms with Crippen molar-refractivity contribution < 1.29 is 9.26 Å². The third kappa shape index (κ3) is 2.96. The molecule has 0 unspecified atom stereocenters. The highest BCUT2D eigenvalue weighted by molar-refractivity contribution is 5.87. The van der Waals surface area contributed by atoms with E-state index in [-0.39, 0.29) is 6.04 Å². The molecule has 2 aromatic heterocycles. The van der Waals surface area contributed by atoms with Crippen molar-refractivity contribution in [2.45, 2.75) is 19.4 Å². The summed E-state index contributed by atoms with van der Waals surface area (Å²) >= 11 is 0. The molecule has 2 N–H and O–H groups in total. The lowest BCUT2D eigenvalue weighted by molar-refractivity contribution is 0.401. The number of benzene rings is 1. The quantitative estimate of drug-likeness (QED) is 0.726. The minimum absolute atomic E-state index is 0.222. The van der Waals surface area contributed by atoms with Crippen LogP contribution in [-0.4, -0.2) is 17.3 Å². The van der Waals surface area contributed by atoms with Crippen molar-refractivity contribution in [3.05, 3.63) is 54.4 Å². The number of hydrogen-bond acceptors (Lipinski definition) is 5. The minimum atomic E-state index is -0.222. The van der Waals surface area contributed by atoms with E-state index >= 15 is 0 Å². The van der Waals surface area contributed by atoms with Crippen molar-refractivity contribution in [3.63, 3.8) is 0 Å². The van der Waals surface area contributed by atoms with Gasteiger partial charge in [0.2, 0.25) is 0 Å². The average Bonchev–Trinajstić information content (AvgIpc) is 3.03. The lowest BCUT2D eigenvalue weighted by atomic mass is 10.1. The van der Waals surface area contributed by atoms with Crippen LogP contribution in [0.4, 0.5) is 0 Å². The maximum atomic E-state index is 6.04. The summed E-state index contributed by atoms with van der Waals surface area (Å²) in [6, 6.07) is 9.53. The molecule has 0 bridgehead atoms. The Morgan fingerprint density at radius 3 is 2.91 bits per heavy atom. The average molecular weight is 309 g/mol. The van der Waals surface area contributed by atoms with Crippen LogP contribution in [0.25, 0.3) is 22.2 Å². The Morgan fingerprint density at radius 1 is 1.35 bits per heavy atom. The molecular weight excluding hydrogens is 290 g/mol. The number of ether oxygens (including phenoxy) is 1. The number of pyridine rings is 1. The standard InChI is InChI=1S/C18H19N3O2/c1-4-5-14(19)16-10-18(23-21-16)13-8-12-7-6-11(2)20-15(12)9-17(13)22-3/h4,6-10,14H,1,5,19H2,2-3H3/t14-/m0/s1. The van der Waals surface area contributed by atoms with E-state index < -0.39 is 0 Å². The molecule has 0 radical (unpaired) electrons. The van der Waals surface area contributed by atoms with Crippen LogP contribution in [0.5, 0.6) is 5.75 Å². The number of aryl methyl sites for hydroxylation is 1. The van der Waals surface area contributed by atoms with Crippen LogP contribution in [0, 0.1) is 6.92 Å². The van der Waals surface area contributed by atoms with Gasteiger partial charge in [-0.2, -0.15) is 0 Å². The SMILES string of the molecule is C=CC[C@H](N)c1cc(-c2cc3ccc(C)nc3cc2OC)on1. The number of nitrogens with two attached hydrogens (primary N) is 1. The van der Waals surface area contributed by atoms with Gasteiger partial charge in [-0.05, 0) is 25.5 Å². The summed E-state index contributed by atoms with van der Waals surface area (Å²) in [5.41, 5.74) is 9.41. The molecule has 0 aliphatic heterocycles. The Labute approximate surface area is 134 Å². The van der Waals surface area contributed by atoms with Crippen LogP contribution in [0.15, 0.2) is 47.5 Å². The van der Waals surface area contributed by atoms with Crippen LogP contribution in [0.3, 0.4) is 0 Å². The lowest BCUT2D eigenvalue weighted by Gasteiger charge is -2.08. The Balaban J connectivity index is 2.08. The van der Waals surface area contributed by atoms with E-state index in [9.17, 15) is 0 Å². The van der Waals surface area contributed by atoms with Crippen molar-refractivity contribution in [3.8, 4) is 17.1 Å². The second-order valence-corrected chi connectivity index (χ2v) is 5.44. The van der Waals surface area contributed by atoms with Gasteiger partial charge in [-0.1, -0.05) is 17.3 Å². The number of rotatable bonds is 5. The molecule has 0 aliphatic rings. The Morgan fingerprint density at radius 2 is 2.17 bits per heavy atom. The molecule has 0 aliphatic carbocycles. The van der Waals surface area contributed by atoms with Crippen LogP contribution in [0.1, 0.15) is 23.9 Å². The van der Waals surface area contributed by atoms with Gasteiger partial charge < -0.3 is 15.0 Å². The predicted molar refractivity (Wildman–Crippen MR) is 90.3 cm³/mol. The highest BCUT2D eigenvalue weighted by Gasteiger charge is 2.16. The predicted octanol–water partition coefficient (Wildman–Crippen LogP) is 3.78. The third-order valence-electron chi connectivity index (χ3n) is 3.74. The van der Waals surface area contributed by atoms with Crippen LogP contribution < -0.4 is 10.5 Å². The van der Waals surface area contributed by atoms with Gasteiger partial charge in [0.1, 0.15) is 11.4 Å². The van der Waals surface area contributed by atoms with Gasteiger partial charge in [-0.25, -0.2) is 0 Å². The summed E-state index contributed by atoms with van der Waals surface area (Å²) in [4.78, 5) is 4.52. The van der Waals surface area contributed by atoms with Gasteiger partial charge in [0.05, 0.1) is 24.2 Å². The first-order chi connectivity index (χ1) is 11.1. The first-order valence-corrected chi connectivity index (χ1v) is 7.41. The molecule has 0 saturated carbocycles. The van der Waals surface area contributed by atoms with Gasteiger partial charge in [-0.15, -0.1) is 6.58 Å². The zero-order valence-electron chi connectivity index (χ0n) is 13.2. The number of methoxy groups -OCH3 is 1. The van der Waals surface area contributed by atoms with Gasteiger partial charge in [0.15, 0.2) is 5.76 Å². The minimum Gasteiger partial charge on any atom is -0.496 e. The van der Waals surface area contributed by atoms with E-state index in [0.717, 1.165) is 22.2 Å². The normalized spacial score (nSPS) is 12.3. The molecule has 118 valence electrons. The second-order valence-electron chi connectivity index (χ2n) is 5.44. The van der Waals surface area contributed by atoms with Crippen LogP contribution >= 0.6 is 0 Å². The van der Waals surface area contributed by atoms with Gasteiger partial charge in [-0.3, -0.25) is 4.98 Å². The Bertz CT molecular complexity index is 855. The summed E-state index contributed by atoms with van der Waals surface area (Å²) in [6.07, 6.45) is 2.41. The largest absolute Gasteiger partial charge is 0.496 e. The van der Waals surface area contributed by atoms with Crippen LogP contribution in [-0.2, 0) is 0 Å². The third-order valence-corrected chi connectivity index (χ3v) is 3.74. The molecule has 5 nitrogen and oxygen atoms in total. The van der Waals surface area contributed by atoms with E-state index in [4.69, 9.17) is 15.0 Å². The molecule has 1 aromatic carbocycles. The smallest absolute Gasteiger partial charge is 0.170 e. The Hall–Kier alpha value is -2.66. The fourth-order valence-electron chi connectivity index (χ4n) is 2.51. The lowest BCUT2D eigenvalue weighted by Crippen LogP contribution is -2.08. The van der Waals surface area contributed by atoms with E-state index in [1.54, 1.807) is 13.2 Å². The fraction of sp³-hybridized carbons (Fsp3) is 0.222. The molecule has 0 fully saturated rings. The first kappa shape index (κ1) is 15.2. The van der Waals surface area contributed by atoms with Crippen molar-refractivity contribution in [2.75, 3.05) is 7.11 Å². The van der Waals surface area contributed by atoms with E-state index in [0.29, 0.717) is 23.6 Å². The van der Waals surface area contributed by atoms with Crippen molar-refractivity contribution in [1.29, 1.82) is 0 Å². The van der Waals surface area contributed by atoms with Crippen molar-refractivity contribution >= 4 is 10.9 Å². The summed E-state index contributed by atoms with van der Waals surface area (Å²) < 4.78 is 11.0. The van der Waals surface area contributed by atoms with Gasteiger partial charge in [0, 0.05) is 23.2 Å². The summed E-state index contributed by atoms with van der Waals surface area (Å²) in [5, 5.41) is 5.08. The monoisotopic (exact) mass is 309 g/mol. The number of nitrogens with zero attached hydrogens (tertiary/aromatic N) is 2. The second kappa shape index (κ2) is 6.22. The number of aromatic nitrogens is 2. The maximum Gasteiger partial charge on any atom is 0.170 e. The summed E-state index contributed by atoms with van der Waals surface area (Å²) in [5.74, 6) is 1.31. The molecular formula is C18H19N3O2. The van der Waals surface area contributed by atoms with E-state index in [1.165, 1.54) is 0 Å². The zero-order valence-corrected chi connectivity index (χ0v) is 13.2. The summed E-state index contributed by atoms with van der Waals surface area (Å²) in [7, 11) is 1.63. The molecule has 3 aromatic rings. The van der Waals surface area contributed by atoms with Crippen LogP contribution in [0.2, 0.25) is 0 Å². The summed E-state index contributed by atoms with van der Waals surface area (Å²) in [6.45, 7) is 5.66. The molecule has 23 heavy (non-hydrogen) atoms.